The Morgan fingerprint density at radius 1 is 1.18 bits per heavy atom. The first-order valence-electron chi connectivity index (χ1n) is 6.80. The van der Waals surface area contributed by atoms with Crippen molar-refractivity contribution in [1.82, 2.24) is 4.72 Å². The van der Waals surface area contributed by atoms with Crippen LogP contribution >= 0.6 is 0 Å². The number of rotatable bonds is 5. The molecule has 0 aliphatic carbocycles. The van der Waals surface area contributed by atoms with Crippen LogP contribution < -0.4 is 4.72 Å². The number of benzene rings is 2. The highest BCUT2D eigenvalue weighted by Crippen LogP contribution is 2.19. The summed E-state index contributed by atoms with van der Waals surface area (Å²) >= 11 is 0. The Balaban J connectivity index is 2.15. The molecule has 0 radical (unpaired) electrons. The van der Waals surface area contributed by atoms with E-state index in [-0.39, 0.29) is 6.54 Å². The Kier molecular flexibility index (Phi) is 4.95. The molecule has 1 atom stereocenters. The van der Waals surface area contributed by atoms with Crippen molar-refractivity contribution in [2.24, 2.45) is 0 Å². The van der Waals surface area contributed by atoms with Gasteiger partial charge in [0.1, 0.15) is 10.7 Å². The second-order valence-electron chi connectivity index (χ2n) is 5.16. The smallest absolute Gasteiger partial charge is 0.243 e. The van der Waals surface area contributed by atoms with Gasteiger partial charge in [0.2, 0.25) is 10.0 Å². The van der Waals surface area contributed by atoms with Crippen LogP contribution in [0.25, 0.3) is 0 Å². The maximum absolute atomic E-state index is 13.8. The minimum Gasteiger partial charge on any atom is -0.387 e. The molecule has 2 aromatic rings. The van der Waals surface area contributed by atoms with E-state index >= 15 is 0 Å². The Hall–Kier alpha value is -1.76. The zero-order chi connectivity index (χ0) is 16.3. The SMILES string of the molecule is Cc1ccc(S(=O)(=O)NCC(O)c2ccccc2C)c(F)c1. The molecule has 0 bridgehead atoms. The van der Waals surface area contributed by atoms with Gasteiger partial charge in [-0.1, -0.05) is 30.3 Å². The largest absolute Gasteiger partial charge is 0.387 e. The van der Waals surface area contributed by atoms with Crippen molar-refractivity contribution >= 4 is 10.0 Å². The average Bonchev–Trinajstić information content (AvgIpc) is 2.45. The zero-order valence-corrected chi connectivity index (χ0v) is 13.2. The summed E-state index contributed by atoms with van der Waals surface area (Å²) in [7, 11) is -4.01. The third-order valence-corrected chi connectivity index (χ3v) is 4.85. The number of nitrogens with one attached hydrogen (secondary N) is 1. The van der Waals surface area contributed by atoms with E-state index in [2.05, 4.69) is 4.72 Å². The molecule has 0 heterocycles. The molecule has 0 saturated carbocycles. The van der Waals surface area contributed by atoms with E-state index in [0.29, 0.717) is 11.1 Å². The van der Waals surface area contributed by atoms with Crippen molar-refractivity contribution < 1.29 is 17.9 Å². The van der Waals surface area contributed by atoms with Gasteiger partial charge in [-0.05, 0) is 42.7 Å². The summed E-state index contributed by atoms with van der Waals surface area (Å²) < 4.78 is 40.3. The molecule has 0 spiro atoms. The molecular formula is C16H18FNO3S. The fourth-order valence-electron chi connectivity index (χ4n) is 2.16. The van der Waals surface area contributed by atoms with Crippen LogP contribution in [0.3, 0.4) is 0 Å². The number of aliphatic hydroxyl groups is 1. The summed E-state index contributed by atoms with van der Waals surface area (Å²) in [5.74, 6) is -0.808. The normalized spacial score (nSPS) is 13.1. The van der Waals surface area contributed by atoms with Gasteiger partial charge < -0.3 is 5.11 Å². The molecule has 6 heteroatoms. The summed E-state index contributed by atoms with van der Waals surface area (Å²) in [4.78, 5) is -0.421. The van der Waals surface area contributed by atoms with E-state index in [0.717, 1.165) is 11.6 Å². The third kappa shape index (κ3) is 3.71. The van der Waals surface area contributed by atoms with Crippen LogP contribution in [-0.2, 0) is 10.0 Å². The predicted molar refractivity (Wildman–Crippen MR) is 82.5 cm³/mol. The van der Waals surface area contributed by atoms with Crippen LogP contribution in [-0.4, -0.2) is 20.1 Å². The number of halogens is 1. The Morgan fingerprint density at radius 3 is 2.50 bits per heavy atom. The van der Waals surface area contributed by atoms with Crippen molar-refractivity contribution in [3.05, 3.63) is 65.0 Å². The van der Waals surface area contributed by atoms with Gasteiger partial charge in [0.15, 0.2) is 0 Å². The van der Waals surface area contributed by atoms with E-state index in [1.54, 1.807) is 19.1 Å². The van der Waals surface area contributed by atoms with Crippen LogP contribution in [0.5, 0.6) is 0 Å². The van der Waals surface area contributed by atoms with E-state index in [1.807, 2.05) is 19.1 Å². The topological polar surface area (TPSA) is 66.4 Å². The molecule has 2 aromatic carbocycles. The Morgan fingerprint density at radius 2 is 1.86 bits per heavy atom. The number of sulfonamides is 1. The van der Waals surface area contributed by atoms with Gasteiger partial charge in [-0.15, -0.1) is 0 Å². The van der Waals surface area contributed by atoms with Gasteiger partial charge in [-0.2, -0.15) is 0 Å². The zero-order valence-electron chi connectivity index (χ0n) is 12.4. The molecule has 22 heavy (non-hydrogen) atoms. The van der Waals surface area contributed by atoms with Crippen molar-refractivity contribution in [2.45, 2.75) is 24.8 Å². The Bertz CT molecular complexity index is 775. The molecule has 2 rings (SSSR count). The highest BCUT2D eigenvalue weighted by molar-refractivity contribution is 7.89. The predicted octanol–water partition coefficient (Wildman–Crippen LogP) is 2.45. The molecule has 0 amide bonds. The van der Waals surface area contributed by atoms with Crippen molar-refractivity contribution in [2.75, 3.05) is 6.54 Å². The van der Waals surface area contributed by atoms with Crippen molar-refractivity contribution in [1.29, 1.82) is 0 Å². The lowest BCUT2D eigenvalue weighted by Gasteiger charge is -2.15. The Labute approximate surface area is 129 Å². The van der Waals surface area contributed by atoms with E-state index in [4.69, 9.17) is 0 Å². The first kappa shape index (κ1) is 16.6. The minimum absolute atomic E-state index is 0.222. The quantitative estimate of drug-likeness (QED) is 0.888. The fraction of sp³-hybridized carbons (Fsp3) is 0.250. The lowest BCUT2D eigenvalue weighted by atomic mass is 10.0. The summed E-state index contributed by atoms with van der Waals surface area (Å²) in [6.45, 7) is 3.28. The van der Waals surface area contributed by atoms with Crippen LogP contribution in [0.1, 0.15) is 22.8 Å². The van der Waals surface area contributed by atoms with E-state index in [9.17, 15) is 17.9 Å². The molecule has 0 saturated heterocycles. The summed E-state index contributed by atoms with van der Waals surface area (Å²) in [5, 5.41) is 10.1. The lowest BCUT2D eigenvalue weighted by molar-refractivity contribution is 0.181. The summed E-state index contributed by atoms with van der Waals surface area (Å²) in [5.41, 5.74) is 2.13. The first-order valence-corrected chi connectivity index (χ1v) is 8.29. The second-order valence-corrected chi connectivity index (χ2v) is 6.89. The van der Waals surface area contributed by atoms with Crippen LogP contribution in [0.2, 0.25) is 0 Å². The summed E-state index contributed by atoms with van der Waals surface area (Å²) in [6.07, 6.45) is -0.996. The maximum Gasteiger partial charge on any atom is 0.243 e. The number of hydrogen-bond acceptors (Lipinski definition) is 3. The lowest BCUT2D eigenvalue weighted by Crippen LogP contribution is -2.29. The molecule has 0 aliphatic heterocycles. The average molecular weight is 323 g/mol. The highest BCUT2D eigenvalue weighted by atomic mass is 32.2. The van der Waals surface area contributed by atoms with Gasteiger partial charge in [-0.3, -0.25) is 0 Å². The van der Waals surface area contributed by atoms with Gasteiger partial charge in [0.25, 0.3) is 0 Å². The standard InChI is InChI=1S/C16H18FNO3S/c1-11-7-8-16(14(17)9-11)22(20,21)18-10-15(19)13-6-4-3-5-12(13)2/h3-9,15,18-19H,10H2,1-2H3. The molecule has 1 unspecified atom stereocenters. The van der Waals surface area contributed by atoms with E-state index < -0.39 is 26.8 Å². The number of aliphatic hydroxyl groups excluding tert-OH is 1. The maximum atomic E-state index is 13.8. The molecule has 118 valence electrons. The molecule has 0 fully saturated rings. The fourth-order valence-corrected chi connectivity index (χ4v) is 3.26. The molecule has 4 nitrogen and oxygen atoms in total. The molecular weight excluding hydrogens is 305 g/mol. The van der Waals surface area contributed by atoms with Gasteiger partial charge in [-0.25, -0.2) is 17.5 Å². The van der Waals surface area contributed by atoms with Crippen molar-refractivity contribution in [3.8, 4) is 0 Å². The third-order valence-electron chi connectivity index (χ3n) is 3.39. The number of hydrogen-bond donors (Lipinski definition) is 2. The van der Waals surface area contributed by atoms with Crippen molar-refractivity contribution in [3.63, 3.8) is 0 Å². The highest BCUT2D eigenvalue weighted by Gasteiger charge is 2.20. The van der Waals surface area contributed by atoms with Gasteiger partial charge in [0.05, 0.1) is 6.10 Å². The van der Waals surface area contributed by atoms with E-state index in [1.165, 1.54) is 12.1 Å². The van der Waals surface area contributed by atoms with Crippen LogP contribution in [0.4, 0.5) is 4.39 Å². The number of aryl methyl sites for hydroxylation is 2. The van der Waals surface area contributed by atoms with Gasteiger partial charge >= 0.3 is 0 Å². The molecule has 0 aromatic heterocycles. The van der Waals surface area contributed by atoms with Crippen LogP contribution in [0, 0.1) is 19.7 Å². The minimum atomic E-state index is -4.01. The van der Waals surface area contributed by atoms with Crippen LogP contribution in [0.15, 0.2) is 47.4 Å². The van der Waals surface area contributed by atoms with Gasteiger partial charge in [0, 0.05) is 6.54 Å². The summed E-state index contributed by atoms with van der Waals surface area (Å²) in [6, 6.07) is 11.0. The molecule has 0 aliphatic rings. The second kappa shape index (κ2) is 6.56. The first-order chi connectivity index (χ1) is 10.3. The monoisotopic (exact) mass is 323 g/mol. The molecule has 2 N–H and O–H groups in total.